The smallest absolute Gasteiger partial charge is 0.338 e. The Morgan fingerprint density at radius 3 is 2.31 bits per heavy atom. The monoisotopic (exact) mass is 351 g/mol. The summed E-state index contributed by atoms with van der Waals surface area (Å²) in [5, 5.41) is 10.6. The lowest BCUT2D eigenvalue weighted by Crippen LogP contribution is -2.05. The maximum absolute atomic E-state index is 12.1. The number of furan rings is 1. The van der Waals surface area contributed by atoms with Crippen molar-refractivity contribution in [3.8, 4) is 11.3 Å². The van der Waals surface area contributed by atoms with E-state index in [4.69, 9.17) is 9.15 Å². The number of nitro groups is 1. The molecule has 3 rings (SSSR count). The first-order chi connectivity index (χ1) is 12.6. The predicted molar refractivity (Wildman–Crippen MR) is 91.7 cm³/mol. The summed E-state index contributed by atoms with van der Waals surface area (Å²) in [7, 11) is 0. The van der Waals surface area contributed by atoms with Gasteiger partial charge in [-0.2, -0.15) is 0 Å². The number of rotatable bonds is 6. The normalized spacial score (nSPS) is 10.3. The zero-order valence-electron chi connectivity index (χ0n) is 13.5. The molecule has 0 atom stereocenters. The van der Waals surface area contributed by atoms with E-state index < -0.39 is 10.9 Å². The molecule has 0 spiro atoms. The van der Waals surface area contributed by atoms with Crippen molar-refractivity contribution in [3.05, 3.63) is 87.7 Å². The fourth-order valence-electron chi connectivity index (χ4n) is 2.29. The SMILES string of the molecule is O=Cc1ccc(-c2ccc(C(=O)OCc3ccc([N+](=O)[O-])cc3)cc2)o1. The van der Waals surface area contributed by atoms with Gasteiger partial charge in [-0.25, -0.2) is 4.79 Å². The molecule has 7 heteroatoms. The molecule has 0 saturated carbocycles. The Morgan fingerprint density at radius 2 is 1.73 bits per heavy atom. The van der Waals surface area contributed by atoms with Crippen LogP contribution in [0.1, 0.15) is 26.5 Å². The second kappa shape index (κ2) is 7.43. The van der Waals surface area contributed by atoms with Crippen molar-refractivity contribution in [2.24, 2.45) is 0 Å². The number of hydrogen-bond acceptors (Lipinski definition) is 6. The van der Waals surface area contributed by atoms with Gasteiger partial charge in [-0.05, 0) is 42.0 Å². The maximum Gasteiger partial charge on any atom is 0.338 e. The van der Waals surface area contributed by atoms with Crippen LogP contribution in [0.2, 0.25) is 0 Å². The summed E-state index contributed by atoms with van der Waals surface area (Å²) >= 11 is 0. The van der Waals surface area contributed by atoms with Gasteiger partial charge < -0.3 is 9.15 Å². The van der Waals surface area contributed by atoms with Crippen LogP contribution >= 0.6 is 0 Å². The third-order valence-corrected chi connectivity index (χ3v) is 3.67. The van der Waals surface area contributed by atoms with Gasteiger partial charge in [0.1, 0.15) is 12.4 Å². The minimum Gasteiger partial charge on any atom is -0.457 e. The Labute approximate surface area is 148 Å². The van der Waals surface area contributed by atoms with E-state index in [1.54, 1.807) is 36.4 Å². The first-order valence-electron chi connectivity index (χ1n) is 7.63. The molecule has 0 N–H and O–H groups in total. The van der Waals surface area contributed by atoms with Gasteiger partial charge in [0.05, 0.1) is 10.5 Å². The number of ether oxygens (including phenoxy) is 1. The molecule has 130 valence electrons. The van der Waals surface area contributed by atoms with E-state index in [2.05, 4.69) is 0 Å². The van der Waals surface area contributed by atoms with Gasteiger partial charge in [0, 0.05) is 17.7 Å². The zero-order chi connectivity index (χ0) is 18.5. The molecule has 2 aromatic carbocycles. The number of benzene rings is 2. The van der Waals surface area contributed by atoms with Crippen molar-refractivity contribution < 1.29 is 23.7 Å². The van der Waals surface area contributed by atoms with Crippen LogP contribution in [0.25, 0.3) is 11.3 Å². The molecule has 0 saturated heterocycles. The lowest BCUT2D eigenvalue weighted by molar-refractivity contribution is -0.384. The topological polar surface area (TPSA) is 99.7 Å². The minimum absolute atomic E-state index is 0.0134. The van der Waals surface area contributed by atoms with E-state index in [1.165, 1.54) is 24.3 Å². The molecule has 1 heterocycles. The summed E-state index contributed by atoms with van der Waals surface area (Å²) in [6.07, 6.45) is 0.618. The number of non-ortho nitro benzene ring substituents is 1. The molecule has 0 aliphatic carbocycles. The summed E-state index contributed by atoms with van der Waals surface area (Å²) in [6.45, 7) is 0.0134. The van der Waals surface area contributed by atoms with Crippen LogP contribution < -0.4 is 0 Å². The third-order valence-electron chi connectivity index (χ3n) is 3.67. The molecule has 0 bridgehead atoms. The zero-order valence-corrected chi connectivity index (χ0v) is 13.5. The quantitative estimate of drug-likeness (QED) is 0.288. The van der Waals surface area contributed by atoms with Gasteiger partial charge in [0.2, 0.25) is 0 Å². The standard InChI is InChI=1S/C19H13NO6/c21-11-17-9-10-18(26-17)14-3-5-15(6-4-14)19(22)25-12-13-1-7-16(8-2-13)20(23)24/h1-11H,12H2. The van der Waals surface area contributed by atoms with Gasteiger partial charge in [-0.1, -0.05) is 12.1 Å². The Balaban J connectivity index is 1.62. The van der Waals surface area contributed by atoms with Gasteiger partial charge in [0.25, 0.3) is 5.69 Å². The Hall–Kier alpha value is -3.74. The molecule has 0 amide bonds. The van der Waals surface area contributed by atoms with E-state index in [0.717, 1.165) is 5.56 Å². The van der Waals surface area contributed by atoms with Crippen molar-refractivity contribution in [2.75, 3.05) is 0 Å². The highest BCUT2D eigenvalue weighted by atomic mass is 16.6. The summed E-state index contributed by atoms with van der Waals surface area (Å²) in [4.78, 5) is 32.9. The molecule has 0 aliphatic rings. The Bertz CT molecular complexity index is 941. The van der Waals surface area contributed by atoms with Crippen molar-refractivity contribution in [2.45, 2.75) is 6.61 Å². The number of hydrogen-bond donors (Lipinski definition) is 0. The van der Waals surface area contributed by atoms with Crippen molar-refractivity contribution >= 4 is 17.9 Å². The molecule has 0 unspecified atom stereocenters. The van der Waals surface area contributed by atoms with E-state index in [0.29, 0.717) is 23.2 Å². The molecule has 0 radical (unpaired) electrons. The van der Waals surface area contributed by atoms with Crippen LogP contribution in [0.4, 0.5) is 5.69 Å². The summed E-state index contributed by atoms with van der Waals surface area (Å²) in [5.41, 5.74) is 1.71. The van der Waals surface area contributed by atoms with E-state index in [-0.39, 0.29) is 18.1 Å². The number of aldehydes is 1. The van der Waals surface area contributed by atoms with Crippen LogP contribution in [0, 0.1) is 10.1 Å². The highest BCUT2D eigenvalue weighted by Crippen LogP contribution is 2.22. The summed E-state index contributed by atoms with van der Waals surface area (Å²) < 4.78 is 10.5. The predicted octanol–water partition coefficient (Wildman–Crippen LogP) is 4.02. The van der Waals surface area contributed by atoms with Gasteiger partial charge in [-0.15, -0.1) is 0 Å². The van der Waals surface area contributed by atoms with Gasteiger partial charge in [0.15, 0.2) is 12.0 Å². The maximum atomic E-state index is 12.1. The fraction of sp³-hybridized carbons (Fsp3) is 0.0526. The molecule has 0 aliphatic heterocycles. The van der Waals surface area contributed by atoms with Gasteiger partial charge >= 0.3 is 5.97 Å². The Morgan fingerprint density at radius 1 is 1.04 bits per heavy atom. The van der Waals surface area contributed by atoms with Crippen LogP contribution in [-0.4, -0.2) is 17.2 Å². The average molecular weight is 351 g/mol. The van der Waals surface area contributed by atoms with Crippen LogP contribution in [0.3, 0.4) is 0 Å². The number of esters is 1. The molecule has 26 heavy (non-hydrogen) atoms. The van der Waals surface area contributed by atoms with Crippen LogP contribution in [-0.2, 0) is 11.3 Å². The van der Waals surface area contributed by atoms with Crippen LogP contribution in [0.15, 0.2) is 65.1 Å². The van der Waals surface area contributed by atoms with Crippen molar-refractivity contribution in [1.29, 1.82) is 0 Å². The first kappa shape index (κ1) is 17.1. The lowest BCUT2D eigenvalue weighted by Gasteiger charge is -2.05. The van der Waals surface area contributed by atoms with Crippen molar-refractivity contribution in [1.82, 2.24) is 0 Å². The second-order valence-corrected chi connectivity index (χ2v) is 5.40. The average Bonchev–Trinajstić information content (AvgIpc) is 3.16. The molecule has 1 aromatic heterocycles. The van der Waals surface area contributed by atoms with Gasteiger partial charge in [-0.3, -0.25) is 14.9 Å². The van der Waals surface area contributed by atoms with Crippen LogP contribution in [0.5, 0.6) is 0 Å². The van der Waals surface area contributed by atoms with Crippen molar-refractivity contribution in [3.63, 3.8) is 0 Å². The molecule has 7 nitrogen and oxygen atoms in total. The number of carbonyl (C=O) groups is 2. The minimum atomic E-state index is -0.511. The lowest BCUT2D eigenvalue weighted by atomic mass is 10.1. The number of nitrogens with zero attached hydrogens (tertiary/aromatic N) is 1. The summed E-state index contributed by atoms with van der Waals surface area (Å²) in [6, 6.07) is 15.6. The summed E-state index contributed by atoms with van der Waals surface area (Å²) in [5.74, 6) is 0.243. The van der Waals surface area contributed by atoms with E-state index in [9.17, 15) is 19.7 Å². The number of nitro benzene ring substituents is 1. The molecule has 3 aromatic rings. The first-order valence-corrected chi connectivity index (χ1v) is 7.63. The molecular weight excluding hydrogens is 338 g/mol. The molecule has 0 fully saturated rings. The van der Waals surface area contributed by atoms with E-state index in [1.807, 2.05) is 0 Å². The third kappa shape index (κ3) is 3.84. The molecular formula is C19H13NO6. The Kier molecular flexibility index (Phi) is 4.89. The second-order valence-electron chi connectivity index (χ2n) is 5.40. The fourth-order valence-corrected chi connectivity index (χ4v) is 2.29. The largest absolute Gasteiger partial charge is 0.457 e. The highest BCUT2D eigenvalue weighted by Gasteiger charge is 2.10. The van der Waals surface area contributed by atoms with E-state index >= 15 is 0 Å². The number of carbonyl (C=O) groups excluding carboxylic acids is 2. The highest BCUT2D eigenvalue weighted by molar-refractivity contribution is 5.90.